The van der Waals surface area contributed by atoms with Crippen molar-refractivity contribution in [3.8, 4) is 0 Å². The van der Waals surface area contributed by atoms with E-state index in [9.17, 15) is 0 Å². The number of allylic oxidation sites excluding steroid dienone is 1. The second kappa shape index (κ2) is 5.45. The van der Waals surface area contributed by atoms with Crippen molar-refractivity contribution >= 4 is 10.9 Å². The summed E-state index contributed by atoms with van der Waals surface area (Å²) < 4.78 is 2.34. The van der Waals surface area contributed by atoms with E-state index in [-0.39, 0.29) is 5.41 Å². The lowest BCUT2D eigenvalue weighted by molar-refractivity contribution is 0.412. The van der Waals surface area contributed by atoms with Crippen LogP contribution in [-0.4, -0.2) is 30.1 Å². The van der Waals surface area contributed by atoms with Crippen LogP contribution in [0.25, 0.3) is 10.9 Å². The maximum absolute atomic E-state index is 4.03. The Balaban J connectivity index is 2.67. The van der Waals surface area contributed by atoms with Crippen molar-refractivity contribution in [3.63, 3.8) is 0 Å². The van der Waals surface area contributed by atoms with E-state index in [2.05, 4.69) is 81.4 Å². The predicted octanol–water partition coefficient (Wildman–Crippen LogP) is 3.75. The van der Waals surface area contributed by atoms with Crippen LogP contribution in [0.4, 0.5) is 0 Å². The zero-order chi connectivity index (χ0) is 14.9. The summed E-state index contributed by atoms with van der Waals surface area (Å²) in [5.41, 5.74) is 4.14. The van der Waals surface area contributed by atoms with Crippen LogP contribution in [0.15, 0.2) is 36.9 Å². The van der Waals surface area contributed by atoms with E-state index >= 15 is 0 Å². The summed E-state index contributed by atoms with van der Waals surface area (Å²) in [6.45, 7) is 9.58. The zero-order valence-electron chi connectivity index (χ0n) is 13.4. The molecule has 0 atom stereocenters. The van der Waals surface area contributed by atoms with Crippen LogP contribution in [0, 0.1) is 0 Å². The van der Waals surface area contributed by atoms with Crippen molar-refractivity contribution in [1.29, 1.82) is 0 Å². The Morgan fingerprint density at radius 1 is 1.25 bits per heavy atom. The molecule has 0 saturated heterocycles. The number of nitrogens with zero attached hydrogens (tertiary/aromatic N) is 2. The molecule has 0 spiro atoms. The largest absolute Gasteiger partial charge is 0.347 e. The van der Waals surface area contributed by atoms with E-state index in [4.69, 9.17) is 0 Å². The first kappa shape index (κ1) is 14.9. The Kier molecular flexibility index (Phi) is 4.05. The van der Waals surface area contributed by atoms with Gasteiger partial charge in [-0.15, -0.1) is 6.58 Å². The molecule has 0 aliphatic heterocycles. The lowest BCUT2D eigenvalue weighted by Gasteiger charge is -2.24. The number of aromatic nitrogens is 1. The average molecular weight is 270 g/mol. The first-order valence-corrected chi connectivity index (χ1v) is 7.23. The molecule has 0 aliphatic rings. The minimum absolute atomic E-state index is 0.0184. The molecule has 0 saturated carbocycles. The van der Waals surface area contributed by atoms with Crippen LogP contribution >= 0.6 is 0 Å². The van der Waals surface area contributed by atoms with Crippen molar-refractivity contribution in [2.45, 2.75) is 25.7 Å². The molecule has 0 unspecified atom stereocenters. The quantitative estimate of drug-likeness (QED) is 0.751. The molecule has 0 amide bonds. The molecule has 2 heteroatoms. The van der Waals surface area contributed by atoms with Gasteiger partial charge in [0, 0.05) is 35.6 Å². The summed E-state index contributed by atoms with van der Waals surface area (Å²) in [5, 5.41) is 1.38. The van der Waals surface area contributed by atoms with Gasteiger partial charge in [0.1, 0.15) is 0 Å². The molecule has 1 heterocycles. The minimum Gasteiger partial charge on any atom is -0.347 e. The fourth-order valence-corrected chi connectivity index (χ4v) is 2.98. The summed E-state index contributed by atoms with van der Waals surface area (Å²) in [7, 11) is 6.43. The highest BCUT2D eigenvalue weighted by Gasteiger charge is 2.26. The van der Waals surface area contributed by atoms with Crippen LogP contribution in [0.2, 0.25) is 0 Å². The van der Waals surface area contributed by atoms with Crippen molar-refractivity contribution in [3.05, 3.63) is 48.2 Å². The summed E-state index contributed by atoms with van der Waals surface area (Å²) >= 11 is 0. The van der Waals surface area contributed by atoms with Gasteiger partial charge in [0.2, 0.25) is 0 Å². The second-order valence-corrected chi connectivity index (χ2v) is 6.38. The average Bonchev–Trinajstić information content (AvgIpc) is 2.70. The van der Waals surface area contributed by atoms with Crippen LogP contribution in [0.1, 0.15) is 25.1 Å². The maximum atomic E-state index is 4.03. The molecule has 0 fully saturated rings. The molecule has 0 aliphatic carbocycles. The number of fused-ring (bicyclic) bond motifs is 1. The topological polar surface area (TPSA) is 8.17 Å². The van der Waals surface area contributed by atoms with Crippen LogP contribution in [0.5, 0.6) is 0 Å². The van der Waals surface area contributed by atoms with Crippen molar-refractivity contribution < 1.29 is 0 Å². The van der Waals surface area contributed by atoms with Gasteiger partial charge in [-0.1, -0.05) is 38.1 Å². The smallest absolute Gasteiger partial charge is 0.0483 e. The first-order valence-electron chi connectivity index (χ1n) is 7.23. The van der Waals surface area contributed by atoms with Crippen LogP contribution in [-0.2, 0) is 18.9 Å². The fraction of sp³-hybridized carbons (Fsp3) is 0.444. The third-order valence-corrected chi connectivity index (χ3v) is 4.14. The molecular weight excluding hydrogens is 244 g/mol. The van der Waals surface area contributed by atoms with E-state index in [1.54, 1.807) is 0 Å². The van der Waals surface area contributed by atoms with E-state index in [1.807, 2.05) is 0 Å². The number of para-hydroxylation sites is 1. The number of aryl methyl sites for hydroxylation is 1. The molecule has 2 nitrogen and oxygen atoms in total. The number of hydrogen-bond donors (Lipinski definition) is 0. The third-order valence-electron chi connectivity index (χ3n) is 4.14. The molecule has 0 bridgehead atoms. The highest BCUT2D eigenvalue weighted by Crippen LogP contribution is 2.35. The number of hydrogen-bond acceptors (Lipinski definition) is 1. The van der Waals surface area contributed by atoms with Gasteiger partial charge in [-0.05, 0) is 32.1 Å². The first-order chi connectivity index (χ1) is 9.38. The fourth-order valence-electron chi connectivity index (χ4n) is 2.98. The lowest BCUT2D eigenvalue weighted by Crippen LogP contribution is -2.22. The Labute approximate surface area is 122 Å². The molecule has 0 radical (unpaired) electrons. The summed E-state index contributed by atoms with van der Waals surface area (Å²) in [6.07, 6.45) is 3.13. The van der Waals surface area contributed by atoms with Gasteiger partial charge in [0.05, 0.1) is 0 Å². The number of rotatable bonds is 5. The van der Waals surface area contributed by atoms with Crippen molar-refractivity contribution in [2.24, 2.45) is 7.05 Å². The Hall–Kier alpha value is -1.54. The monoisotopic (exact) mass is 270 g/mol. The van der Waals surface area contributed by atoms with Gasteiger partial charge < -0.3 is 9.47 Å². The molecule has 1 aromatic heterocycles. The van der Waals surface area contributed by atoms with Gasteiger partial charge in [-0.2, -0.15) is 0 Å². The molecule has 108 valence electrons. The molecule has 1 aromatic carbocycles. The summed E-state index contributed by atoms with van der Waals surface area (Å²) in [5.74, 6) is 0. The third kappa shape index (κ3) is 2.53. The molecule has 2 aromatic rings. The summed E-state index contributed by atoms with van der Waals surface area (Å²) in [4.78, 5) is 2.24. The Morgan fingerprint density at radius 2 is 1.90 bits per heavy atom. The van der Waals surface area contributed by atoms with Crippen LogP contribution in [0.3, 0.4) is 0 Å². The zero-order valence-corrected chi connectivity index (χ0v) is 13.4. The van der Waals surface area contributed by atoms with Gasteiger partial charge in [-0.3, -0.25) is 0 Å². The van der Waals surface area contributed by atoms with Crippen molar-refractivity contribution in [1.82, 2.24) is 9.47 Å². The predicted molar refractivity (Wildman–Crippen MR) is 88.4 cm³/mol. The van der Waals surface area contributed by atoms with E-state index in [0.717, 1.165) is 13.0 Å². The number of likely N-dealkylation sites (N-methyl/N-ethyl adjacent to an activating group) is 1. The van der Waals surface area contributed by atoms with Crippen LogP contribution < -0.4 is 0 Å². The van der Waals surface area contributed by atoms with Crippen molar-refractivity contribution in [2.75, 3.05) is 20.6 Å². The lowest BCUT2D eigenvalue weighted by atomic mass is 9.85. The van der Waals surface area contributed by atoms with Gasteiger partial charge in [-0.25, -0.2) is 0 Å². The molecular formula is C18H26N2. The summed E-state index contributed by atoms with van der Waals surface area (Å²) in [6, 6.07) is 8.69. The second-order valence-electron chi connectivity index (χ2n) is 6.38. The normalized spacial score (nSPS) is 12.3. The SMILES string of the molecule is C=CC(C)(C)c1c(CCN(C)C)c2ccccc2n1C. The Bertz CT molecular complexity index is 618. The Morgan fingerprint density at radius 3 is 2.50 bits per heavy atom. The van der Waals surface area contributed by atoms with E-state index < -0.39 is 0 Å². The van der Waals surface area contributed by atoms with Gasteiger partial charge >= 0.3 is 0 Å². The van der Waals surface area contributed by atoms with E-state index in [1.165, 1.54) is 22.2 Å². The van der Waals surface area contributed by atoms with E-state index in [0.29, 0.717) is 0 Å². The molecule has 0 N–H and O–H groups in total. The molecule has 2 rings (SSSR count). The molecule has 20 heavy (non-hydrogen) atoms. The maximum Gasteiger partial charge on any atom is 0.0483 e. The van der Waals surface area contributed by atoms with Gasteiger partial charge in [0.25, 0.3) is 0 Å². The highest BCUT2D eigenvalue weighted by atomic mass is 15.0. The highest BCUT2D eigenvalue weighted by molar-refractivity contribution is 5.86. The number of benzene rings is 1. The van der Waals surface area contributed by atoms with Gasteiger partial charge in [0.15, 0.2) is 0 Å². The standard InChI is InChI=1S/C18H26N2/c1-7-18(2,3)17-15(12-13-19(4)5)14-10-8-9-11-16(14)20(17)6/h7-11H,1,12-13H2,2-6H3. The minimum atomic E-state index is -0.0184.